The highest BCUT2D eigenvalue weighted by Gasteiger charge is 2.40. The van der Waals surface area contributed by atoms with E-state index in [0.29, 0.717) is 6.42 Å². The number of hydrogen-bond donors (Lipinski definition) is 0. The average molecular weight is 294 g/mol. The van der Waals surface area contributed by atoms with Crippen LogP contribution >= 0.6 is 0 Å². The molecule has 20 heavy (non-hydrogen) atoms. The van der Waals surface area contributed by atoms with Crippen LogP contribution < -0.4 is 0 Å². The predicted molar refractivity (Wildman–Crippen MR) is 73.4 cm³/mol. The molecule has 0 aromatic carbocycles. The Balaban J connectivity index is 3.21. The normalized spacial score (nSPS) is 12.0. The van der Waals surface area contributed by atoms with Crippen LogP contribution in [0.4, 0.5) is 13.2 Å². The van der Waals surface area contributed by atoms with Gasteiger partial charge in [0.1, 0.15) is 0 Å². The van der Waals surface area contributed by atoms with Crippen LogP contribution in [0.1, 0.15) is 64.7 Å². The second-order valence-corrected chi connectivity index (χ2v) is 4.78. The third kappa shape index (κ3) is 12.1. The molecule has 0 aromatic heterocycles. The van der Waals surface area contributed by atoms with Crippen LogP contribution in [0.15, 0.2) is 12.2 Å². The fraction of sp³-hybridized carbons (Fsp3) is 0.800. The van der Waals surface area contributed by atoms with Crippen molar-refractivity contribution >= 4 is 5.97 Å². The molecule has 0 rings (SSSR count). The number of ether oxygens (including phenoxy) is 1. The fourth-order valence-electron chi connectivity index (χ4n) is 1.78. The Hall–Kier alpha value is -1.00. The maximum atomic E-state index is 11.8. The first-order valence-electron chi connectivity index (χ1n) is 7.37. The van der Waals surface area contributed by atoms with Gasteiger partial charge in [-0.25, -0.2) is 4.79 Å². The van der Waals surface area contributed by atoms with Crippen molar-refractivity contribution in [2.45, 2.75) is 70.9 Å². The zero-order chi connectivity index (χ0) is 15.3. The minimum Gasteiger partial charge on any atom is -0.459 e. The molecule has 2 nitrogen and oxygen atoms in total. The van der Waals surface area contributed by atoms with Gasteiger partial charge in [-0.05, 0) is 25.7 Å². The number of unbranched alkanes of at least 4 members (excludes halogenated alkanes) is 7. The van der Waals surface area contributed by atoms with Gasteiger partial charge in [-0.1, -0.05) is 51.2 Å². The van der Waals surface area contributed by atoms with E-state index in [0.717, 1.165) is 38.5 Å². The number of halogens is 3. The van der Waals surface area contributed by atoms with Gasteiger partial charge in [0.2, 0.25) is 0 Å². The summed E-state index contributed by atoms with van der Waals surface area (Å²) >= 11 is 0. The lowest BCUT2D eigenvalue weighted by Gasteiger charge is -2.06. The monoisotopic (exact) mass is 294 g/mol. The molecule has 0 saturated carbocycles. The van der Waals surface area contributed by atoms with Crippen molar-refractivity contribution in [1.29, 1.82) is 0 Å². The van der Waals surface area contributed by atoms with Gasteiger partial charge in [0.25, 0.3) is 0 Å². The molecule has 0 saturated heterocycles. The van der Waals surface area contributed by atoms with Crippen molar-refractivity contribution in [2.24, 2.45) is 0 Å². The molecule has 0 aromatic rings. The van der Waals surface area contributed by atoms with Crippen molar-refractivity contribution in [3.05, 3.63) is 12.2 Å². The Labute approximate surface area is 119 Å². The van der Waals surface area contributed by atoms with Crippen molar-refractivity contribution < 1.29 is 22.7 Å². The minimum atomic E-state index is -4.87. The molecule has 0 aliphatic rings. The van der Waals surface area contributed by atoms with Crippen LogP contribution in [-0.4, -0.2) is 18.8 Å². The Morgan fingerprint density at radius 3 is 2.05 bits per heavy atom. The molecule has 0 heterocycles. The van der Waals surface area contributed by atoms with Crippen LogP contribution in [0.2, 0.25) is 0 Å². The quantitative estimate of drug-likeness (QED) is 0.298. The first-order valence-corrected chi connectivity index (χ1v) is 7.37. The third-order valence-electron chi connectivity index (χ3n) is 2.88. The van der Waals surface area contributed by atoms with Crippen molar-refractivity contribution in [1.82, 2.24) is 0 Å². The van der Waals surface area contributed by atoms with Crippen LogP contribution in [0.5, 0.6) is 0 Å². The Morgan fingerprint density at radius 1 is 0.950 bits per heavy atom. The van der Waals surface area contributed by atoms with E-state index in [-0.39, 0.29) is 6.61 Å². The second kappa shape index (κ2) is 11.8. The second-order valence-electron chi connectivity index (χ2n) is 4.78. The van der Waals surface area contributed by atoms with E-state index >= 15 is 0 Å². The van der Waals surface area contributed by atoms with E-state index in [1.54, 1.807) is 0 Å². The van der Waals surface area contributed by atoms with E-state index in [9.17, 15) is 18.0 Å². The number of allylic oxidation sites excluding steroid dienone is 2. The molecular weight excluding hydrogens is 269 g/mol. The van der Waals surface area contributed by atoms with Crippen LogP contribution in [0.25, 0.3) is 0 Å². The fourth-order valence-corrected chi connectivity index (χ4v) is 1.78. The smallest absolute Gasteiger partial charge is 0.459 e. The lowest BCUT2D eigenvalue weighted by molar-refractivity contribution is -0.199. The Morgan fingerprint density at radius 2 is 1.50 bits per heavy atom. The Kier molecular flexibility index (Phi) is 11.2. The van der Waals surface area contributed by atoms with Crippen LogP contribution in [-0.2, 0) is 9.53 Å². The topological polar surface area (TPSA) is 26.3 Å². The van der Waals surface area contributed by atoms with Gasteiger partial charge < -0.3 is 4.74 Å². The SMILES string of the molecule is CC/C=C\CCCCCCCCCOC(=O)C(F)(F)F. The molecule has 0 atom stereocenters. The molecular formula is C15H25F3O2. The van der Waals surface area contributed by atoms with E-state index in [1.165, 1.54) is 12.8 Å². The number of alkyl halides is 3. The molecule has 118 valence electrons. The van der Waals surface area contributed by atoms with Gasteiger partial charge in [-0.2, -0.15) is 13.2 Å². The predicted octanol–water partition coefficient (Wildman–Crippen LogP) is 5.18. The van der Waals surface area contributed by atoms with Crippen molar-refractivity contribution in [2.75, 3.05) is 6.61 Å². The molecule has 0 bridgehead atoms. The van der Waals surface area contributed by atoms with Crippen molar-refractivity contribution in [3.63, 3.8) is 0 Å². The average Bonchev–Trinajstić information content (AvgIpc) is 2.38. The van der Waals surface area contributed by atoms with E-state index in [4.69, 9.17) is 0 Å². The maximum absolute atomic E-state index is 11.8. The summed E-state index contributed by atoms with van der Waals surface area (Å²) in [7, 11) is 0. The summed E-state index contributed by atoms with van der Waals surface area (Å²) in [4.78, 5) is 10.4. The molecule has 0 spiro atoms. The van der Waals surface area contributed by atoms with Gasteiger partial charge in [-0.3, -0.25) is 0 Å². The zero-order valence-electron chi connectivity index (χ0n) is 12.2. The summed E-state index contributed by atoms with van der Waals surface area (Å²) in [6, 6.07) is 0. The number of hydrogen-bond acceptors (Lipinski definition) is 2. The first-order chi connectivity index (χ1) is 9.48. The summed E-state index contributed by atoms with van der Waals surface area (Å²) in [6.45, 7) is 1.97. The molecule has 0 aliphatic carbocycles. The van der Waals surface area contributed by atoms with Crippen LogP contribution in [0.3, 0.4) is 0 Å². The zero-order valence-corrected chi connectivity index (χ0v) is 12.2. The highest BCUT2D eigenvalue weighted by atomic mass is 19.4. The van der Waals surface area contributed by atoms with Gasteiger partial charge in [-0.15, -0.1) is 0 Å². The standard InChI is InChI=1S/C15H25F3O2/c1-2-3-4-5-6-7-8-9-10-11-12-13-20-14(19)15(16,17)18/h3-4H,2,5-13H2,1H3/b4-3-. The molecule has 0 fully saturated rings. The summed E-state index contributed by atoms with van der Waals surface area (Å²) in [5, 5.41) is 0. The molecule has 0 aliphatic heterocycles. The minimum absolute atomic E-state index is 0.139. The number of rotatable bonds is 11. The van der Waals surface area contributed by atoms with E-state index < -0.39 is 12.1 Å². The van der Waals surface area contributed by atoms with Gasteiger partial charge in [0.05, 0.1) is 6.61 Å². The van der Waals surface area contributed by atoms with E-state index in [1.807, 2.05) is 0 Å². The molecule has 0 unspecified atom stereocenters. The van der Waals surface area contributed by atoms with Crippen molar-refractivity contribution in [3.8, 4) is 0 Å². The third-order valence-corrected chi connectivity index (χ3v) is 2.88. The summed E-state index contributed by atoms with van der Waals surface area (Å²) in [5.74, 6) is -2.09. The van der Waals surface area contributed by atoms with Gasteiger partial charge in [0.15, 0.2) is 0 Å². The number of carbonyl (C=O) groups excluding carboxylic acids is 1. The lowest BCUT2D eigenvalue weighted by Crippen LogP contribution is -2.25. The van der Waals surface area contributed by atoms with Gasteiger partial charge >= 0.3 is 12.1 Å². The highest BCUT2D eigenvalue weighted by Crippen LogP contribution is 2.16. The molecule has 5 heteroatoms. The van der Waals surface area contributed by atoms with Gasteiger partial charge in [0, 0.05) is 0 Å². The first kappa shape index (κ1) is 19.0. The molecule has 0 N–H and O–H groups in total. The molecule has 0 amide bonds. The number of esters is 1. The van der Waals surface area contributed by atoms with Crippen LogP contribution in [0, 0.1) is 0 Å². The lowest BCUT2D eigenvalue weighted by atomic mass is 10.1. The summed E-state index contributed by atoms with van der Waals surface area (Å²) in [6.07, 6.45) is 8.63. The maximum Gasteiger partial charge on any atom is 0.490 e. The largest absolute Gasteiger partial charge is 0.490 e. The molecule has 0 radical (unpaired) electrons. The van der Waals surface area contributed by atoms with E-state index in [2.05, 4.69) is 23.8 Å². The highest BCUT2D eigenvalue weighted by molar-refractivity contribution is 5.75. The summed E-state index contributed by atoms with van der Waals surface area (Å²) in [5.41, 5.74) is 0. The Bertz CT molecular complexity index is 273. The number of carbonyl (C=O) groups is 1. The summed E-state index contributed by atoms with van der Waals surface area (Å²) < 4.78 is 39.5.